The first-order chi connectivity index (χ1) is 11.7. The van der Waals surface area contributed by atoms with Crippen LogP contribution in [0.4, 0.5) is 0 Å². The van der Waals surface area contributed by atoms with Crippen molar-refractivity contribution < 1.29 is 4.79 Å². The standard InChI is InChI=1S/C22H22OSi/c1-18(23)19(2)24(20-12-6-3-7-13-20,21-14-8-4-9-15-21)22-16-10-5-11-17-22/h3-17,19H,1-2H3. The molecule has 0 saturated carbocycles. The minimum Gasteiger partial charge on any atom is -0.300 e. The van der Waals surface area contributed by atoms with Crippen LogP contribution >= 0.6 is 0 Å². The molecule has 0 spiro atoms. The van der Waals surface area contributed by atoms with E-state index in [1.165, 1.54) is 15.6 Å². The first-order valence-electron chi connectivity index (χ1n) is 8.34. The maximum atomic E-state index is 12.5. The zero-order chi connectivity index (χ0) is 17.0. The van der Waals surface area contributed by atoms with Gasteiger partial charge in [-0.3, -0.25) is 0 Å². The Kier molecular flexibility index (Phi) is 4.77. The molecule has 2 heteroatoms. The Hall–Kier alpha value is -2.45. The van der Waals surface area contributed by atoms with Crippen LogP contribution < -0.4 is 15.6 Å². The number of carbonyl (C=O) groups is 1. The van der Waals surface area contributed by atoms with E-state index in [9.17, 15) is 4.79 Å². The zero-order valence-corrected chi connectivity index (χ0v) is 15.1. The average Bonchev–Trinajstić information content (AvgIpc) is 2.65. The molecule has 0 saturated heterocycles. The van der Waals surface area contributed by atoms with Crippen LogP contribution in [0.25, 0.3) is 0 Å². The summed E-state index contributed by atoms with van der Waals surface area (Å²) >= 11 is 0. The molecule has 0 amide bonds. The summed E-state index contributed by atoms with van der Waals surface area (Å²) in [5.74, 6) is 0.248. The second-order valence-corrected chi connectivity index (χ2v) is 10.5. The van der Waals surface area contributed by atoms with Gasteiger partial charge in [0, 0.05) is 5.54 Å². The third kappa shape index (κ3) is 2.74. The minimum absolute atomic E-state index is 0.0373. The fraction of sp³-hybridized carbons (Fsp3) is 0.136. The van der Waals surface area contributed by atoms with Crippen molar-refractivity contribution in [1.82, 2.24) is 0 Å². The van der Waals surface area contributed by atoms with E-state index in [1.54, 1.807) is 6.92 Å². The molecule has 1 nitrogen and oxygen atoms in total. The van der Waals surface area contributed by atoms with Crippen LogP contribution in [0.15, 0.2) is 91.0 Å². The minimum atomic E-state index is -2.44. The van der Waals surface area contributed by atoms with Crippen molar-refractivity contribution in [2.75, 3.05) is 0 Å². The average molecular weight is 331 g/mol. The predicted molar refractivity (Wildman–Crippen MR) is 104 cm³/mol. The molecule has 0 fully saturated rings. The molecule has 0 aromatic heterocycles. The number of Topliss-reactive ketones (excluding diaryl/α,β-unsaturated/α-hetero) is 1. The number of rotatable bonds is 5. The third-order valence-electron chi connectivity index (χ3n) is 4.95. The molecule has 0 heterocycles. The molecule has 24 heavy (non-hydrogen) atoms. The molecular formula is C22H22OSi. The van der Waals surface area contributed by atoms with E-state index in [1.807, 2.05) is 18.2 Å². The van der Waals surface area contributed by atoms with Gasteiger partial charge in [-0.2, -0.15) is 0 Å². The van der Waals surface area contributed by atoms with Crippen molar-refractivity contribution in [3.63, 3.8) is 0 Å². The summed E-state index contributed by atoms with van der Waals surface area (Å²) in [5.41, 5.74) is -0.0373. The normalized spacial score (nSPS) is 12.6. The van der Waals surface area contributed by atoms with Gasteiger partial charge in [0.15, 0.2) is 8.07 Å². The van der Waals surface area contributed by atoms with Crippen molar-refractivity contribution in [3.05, 3.63) is 91.0 Å². The molecule has 1 unspecified atom stereocenters. The summed E-state index contributed by atoms with van der Waals surface area (Å²) in [6.45, 7) is 3.82. The van der Waals surface area contributed by atoms with Crippen LogP contribution in [-0.2, 0) is 4.79 Å². The number of ketones is 1. The SMILES string of the molecule is CC(=O)C(C)[Si](c1ccccc1)(c1ccccc1)c1ccccc1. The van der Waals surface area contributed by atoms with Gasteiger partial charge < -0.3 is 4.79 Å². The maximum absolute atomic E-state index is 12.5. The summed E-state index contributed by atoms with van der Waals surface area (Å²) in [4.78, 5) is 12.5. The van der Waals surface area contributed by atoms with Gasteiger partial charge >= 0.3 is 0 Å². The van der Waals surface area contributed by atoms with Crippen LogP contribution in [0.5, 0.6) is 0 Å². The van der Waals surface area contributed by atoms with E-state index < -0.39 is 8.07 Å². The Balaban J connectivity index is 2.39. The maximum Gasteiger partial charge on any atom is 0.158 e. The third-order valence-corrected chi connectivity index (χ3v) is 10.4. The fourth-order valence-electron chi connectivity index (χ4n) is 3.66. The van der Waals surface area contributed by atoms with Crippen molar-refractivity contribution in [2.24, 2.45) is 0 Å². The van der Waals surface area contributed by atoms with Crippen LogP contribution in [-0.4, -0.2) is 13.9 Å². The number of hydrogen-bond donors (Lipinski definition) is 0. The lowest BCUT2D eigenvalue weighted by Gasteiger charge is -2.37. The predicted octanol–water partition coefficient (Wildman–Crippen LogP) is 3.14. The Morgan fingerprint density at radius 1 is 0.667 bits per heavy atom. The highest BCUT2D eigenvalue weighted by atomic mass is 28.3. The van der Waals surface area contributed by atoms with E-state index in [0.717, 1.165) is 0 Å². The van der Waals surface area contributed by atoms with E-state index in [0.29, 0.717) is 0 Å². The van der Waals surface area contributed by atoms with Gasteiger partial charge in [0.2, 0.25) is 0 Å². The second-order valence-electron chi connectivity index (χ2n) is 6.24. The Morgan fingerprint density at radius 2 is 0.958 bits per heavy atom. The van der Waals surface area contributed by atoms with Gasteiger partial charge in [-0.15, -0.1) is 0 Å². The van der Waals surface area contributed by atoms with Crippen LogP contribution in [0.1, 0.15) is 13.8 Å². The number of hydrogen-bond acceptors (Lipinski definition) is 1. The quantitative estimate of drug-likeness (QED) is 0.519. The first kappa shape index (κ1) is 16.4. The van der Waals surface area contributed by atoms with Crippen LogP contribution in [0, 0.1) is 0 Å². The Morgan fingerprint density at radius 3 is 1.21 bits per heavy atom. The topological polar surface area (TPSA) is 17.1 Å². The van der Waals surface area contributed by atoms with Gasteiger partial charge in [-0.05, 0) is 22.5 Å². The lowest BCUT2D eigenvalue weighted by atomic mass is 10.3. The molecule has 3 aromatic carbocycles. The summed E-state index contributed by atoms with van der Waals surface area (Å²) < 4.78 is 0. The van der Waals surface area contributed by atoms with Crippen molar-refractivity contribution >= 4 is 29.4 Å². The summed E-state index contributed by atoms with van der Waals surface area (Å²) in [5, 5.41) is 3.85. The van der Waals surface area contributed by atoms with Gasteiger partial charge in [0.25, 0.3) is 0 Å². The van der Waals surface area contributed by atoms with Gasteiger partial charge in [-0.25, -0.2) is 0 Å². The van der Waals surface area contributed by atoms with Crippen molar-refractivity contribution in [2.45, 2.75) is 19.4 Å². The van der Waals surface area contributed by atoms with Gasteiger partial charge in [0.1, 0.15) is 5.78 Å². The summed E-state index contributed by atoms with van der Waals surface area (Å²) in [6.07, 6.45) is 0. The molecule has 0 N–H and O–H groups in total. The molecule has 0 aliphatic carbocycles. The molecule has 3 aromatic rings. The van der Waals surface area contributed by atoms with Crippen molar-refractivity contribution in [1.29, 1.82) is 0 Å². The highest BCUT2D eigenvalue weighted by molar-refractivity contribution is 7.13. The number of benzene rings is 3. The number of carbonyl (C=O) groups excluding carboxylic acids is 1. The van der Waals surface area contributed by atoms with E-state index in [-0.39, 0.29) is 11.3 Å². The highest BCUT2D eigenvalue weighted by Gasteiger charge is 2.46. The van der Waals surface area contributed by atoms with E-state index >= 15 is 0 Å². The lowest BCUT2D eigenvalue weighted by Crippen LogP contribution is -2.70. The first-order valence-corrected chi connectivity index (χ1v) is 10.4. The molecule has 0 radical (unpaired) electrons. The van der Waals surface area contributed by atoms with E-state index in [2.05, 4.69) is 79.7 Å². The summed E-state index contributed by atoms with van der Waals surface area (Å²) in [7, 11) is -2.44. The van der Waals surface area contributed by atoms with E-state index in [4.69, 9.17) is 0 Å². The molecule has 120 valence electrons. The molecule has 0 aliphatic rings. The van der Waals surface area contributed by atoms with Gasteiger partial charge in [0.05, 0.1) is 0 Å². The highest BCUT2D eigenvalue weighted by Crippen LogP contribution is 2.23. The lowest BCUT2D eigenvalue weighted by molar-refractivity contribution is -0.116. The summed E-state index contributed by atoms with van der Waals surface area (Å²) in [6, 6.07) is 31.7. The van der Waals surface area contributed by atoms with Crippen LogP contribution in [0.2, 0.25) is 5.54 Å². The second kappa shape index (κ2) is 6.98. The smallest absolute Gasteiger partial charge is 0.158 e. The Bertz CT molecular complexity index is 700. The van der Waals surface area contributed by atoms with Gasteiger partial charge in [-0.1, -0.05) is 97.9 Å². The monoisotopic (exact) mass is 330 g/mol. The fourth-order valence-corrected chi connectivity index (χ4v) is 8.92. The van der Waals surface area contributed by atoms with Crippen molar-refractivity contribution in [3.8, 4) is 0 Å². The largest absolute Gasteiger partial charge is 0.300 e. The zero-order valence-electron chi connectivity index (χ0n) is 14.1. The van der Waals surface area contributed by atoms with Crippen LogP contribution in [0.3, 0.4) is 0 Å². The molecule has 1 atom stereocenters. The molecule has 3 rings (SSSR count). The Labute approximate surface area is 145 Å². The molecule has 0 bridgehead atoms. The molecular weight excluding hydrogens is 308 g/mol. The molecule has 0 aliphatic heterocycles.